The average molecular weight is 302 g/mol. The zero-order chi connectivity index (χ0) is 15.2. The Morgan fingerprint density at radius 1 is 1.18 bits per heavy atom. The number of amides is 1. The van der Waals surface area contributed by atoms with Crippen LogP contribution in [0.15, 0.2) is 30.3 Å². The maximum atomic E-state index is 12.3. The highest BCUT2D eigenvalue weighted by molar-refractivity contribution is 5.82. The summed E-state index contributed by atoms with van der Waals surface area (Å²) in [4.78, 5) is 14.4. The summed E-state index contributed by atoms with van der Waals surface area (Å²) in [5.41, 5.74) is 1.22. The van der Waals surface area contributed by atoms with Gasteiger partial charge in [-0.1, -0.05) is 30.3 Å². The zero-order valence-electron chi connectivity index (χ0n) is 13.2. The van der Waals surface area contributed by atoms with Crippen molar-refractivity contribution in [1.82, 2.24) is 10.2 Å². The van der Waals surface area contributed by atoms with Crippen LogP contribution < -0.4 is 5.32 Å². The molecule has 2 heterocycles. The van der Waals surface area contributed by atoms with Crippen LogP contribution in [-0.2, 0) is 16.1 Å². The van der Waals surface area contributed by atoms with Gasteiger partial charge in [0.25, 0.3) is 0 Å². The van der Waals surface area contributed by atoms with Crippen LogP contribution in [0, 0.1) is 5.92 Å². The number of hydrogen-bond donors (Lipinski definition) is 1. The van der Waals surface area contributed by atoms with Gasteiger partial charge in [0.05, 0.1) is 12.6 Å². The number of likely N-dealkylation sites (tertiary alicyclic amines) is 1. The van der Waals surface area contributed by atoms with E-state index >= 15 is 0 Å². The molecule has 2 saturated heterocycles. The van der Waals surface area contributed by atoms with E-state index in [1.165, 1.54) is 5.56 Å². The summed E-state index contributed by atoms with van der Waals surface area (Å²) in [6.45, 7) is 4.25. The maximum absolute atomic E-state index is 12.3. The molecule has 0 spiro atoms. The summed E-state index contributed by atoms with van der Waals surface area (Å²) in [5.74, 6) is 0.894. The van der Waals surface area contributed by atoms with Gasteiger partial charge in [0, 0.05) is 19.7 Å². The van der Waals surface area contributed by atoms with E-state index in [0.29, 0.717) is 18.4 Å². The van der Waals surface area contributed by atoms with Gasteiger partial charge in [-0.05, 0) is 43.7 Å². The lowest BCUT2D eigenvalue weighted by molar-refractivity contribution is -0.134. The second kappa shape index (κ2) is 7.75. The standard InChI is InChI=1S/C18H26N2O2/c21-18(17-7-4-10-19-17)20-11-8-16(9-12-20)14-22-13-15-5-2-1-3-6-15/h1-3,5-6,16-17,19H,4,7-14H2/t17-/m0/s1. The van der Waals surface area contributed by atoms with Gasteiger partial charge in [0.2, 0.25) is 5.91 Å². The largest absolute Gasteiger partial charge is 0.376 e. The number of carbonyl (C=O) groups is 1. The second-order valence-corrected chi connectivity index (χ2v) is 6.42. The highest BCUT2D eigenvalue weighted by Crippen LogP contribution is 2.20. The van der Waals surface area contributed by atoms with Crippen LogP contribution in [-0.4, -0.2) is 43.1 Å². The first-order valence-electron chi connectivity index (χ1n) is 8.47. The van der Waals surface area contributed by atoms with E-state index in [-0.39, 0.29) is 6.04 Å². The fraction of sp³-hybridized carbons (Fsp3) is 0.611. The number of nitrogens with zero attached hydrogens (tertiary/aromatic N) is 1. The highest BCUT2D eigenvalue weighted by atomic mass is 16.5. The van der Waals surface area contributed by atoms with Gasteiger partial charge in [0.1, 0.15) is 0 Å². The van der Waals surface area contributed by atoms with Crippen LogP contribution >= 0.6 is 0 Å². The molecule has 1 aromatic rings. The molecule has 2 aliphatic rings. The van der Waals surface area contributed by atoms with Gasteiger partial charge in [-0.15, -0.1) is 0 Å². The van der Waals surface area contributed by atoms with Crippen molar-refractivity contribution in [3.63, 3.8) is 0 Å². The molecule has 0 unspecified atom stereocenters. The quantitative estimate of drug-likeness (QED) is 0.906. The van der Waals surface area contributed by atoms with E-state index in [9.17, 15) is 4.79 Å². The Kier molecular flexibility index (Phi) is 5.46. The van der Waals surface area contributed by atoms with Gasteiger partial charge >= 0.3 is 0 Å². The van der Waals surface area contributed by atoms with Crippen LogP contribution in [0.25, 0.3) is 0 Å². The predicted molar refractivity (Wildman–Crippen MR) is 86.4 cm³/mol. The lowest BCUT2D eigenvalue weighted by Crippen LogP contribution is -2.47. The van der Waals surface area contributed by atoms with E-state index in [1.807, 2.05) is 23.1 Å². The fourth-order valence-corrected chi connectivity index (χ4v) is 3.35. The van der Waals surface area contributed by atoms with Crippen molar-refractivity contribution in [3.8, 4) is 0 Å². The topological polar surface area (TPSA) is 41.6 Å². The van der Waals surface area contributed by atoms with Crippen LogP contribution in [0.4, 0.5) is 0 Å². The van der Waals surface area contributed by atoms with E-state index in [1.54, 1.807) is 0 Å². The summed E-state index contributed by atoms with van der Waals surface area (Å²) < 4.78 is 5.84. The molecular weight excluding hydrogens is 276 g/mol. The van der Waals surface area contributed by atoms with Crippen molar-refractivity contribution in [2.75, 3.05) is 26.2 Å². The maximum Gasteiger partial charge on any atom is 0.239 e. The minimum Gasteiger partial charge on any atom is -0.376 e. The fourth-order valence-electron chi connectivity index (χ4n) is 3.35. The molecule has 0 bridgehead atoms. The van der Waals surface area contributed by atoms with Crippen molar-refractivity contribution in [2.45, 2.75) is 38.3 Å². The van der Waals surface area contributed by atoms with Crippen molar-refractivity contribution in [3.05, 3.63) is 35.9 Å². The van der Waals surface area contributed by atoms with Gasteiger partial charge in [-0.25, -0.2) is 0 Å². The third-order valence-corrected chi connectivity index (χ3v) is 4.75. The Labute approximate surface area is 132 Å². The Hall–Kier alpha value is -1.39. The molecule has 2 fully saturated rings. The predicted octanol–water partition coefficient (Wildman–Crippen LogP) is 2.19. The minimum absolute atomic E-state index is 0.0749. The molecule has 4 nitrogen and oxygen atoms in total. The first-order valence-corrected chi connectivity index (χ1v) is 8.47. The summed E-state index contributed by atoms with van der Waals surface area (Å²) in [7, 11) is 0. The van der Waals surface area contributed by atoms with Crippen molar-refractivity contribution < 1.29 is 9.53 Å². The molecule has 22 heavy (non-hydrogen) atoms. The summed E-state index contributed by atoms with van der Waals surface area (Å²) in [5, 5.41) is 3.30. The van der Waals surface area contributed by atoms with E-state index < -0.39 is 0 Å². The molecule has 120 valence electrons. The van der Waals surface area contributed by atoms with Crippen LogP contribution in [0.5, 0.6) is 0 Å². The third kappa shape index (κ3) is 4.08. The highest BCUT2D eigenvalue weighted by Gasteiger charge is 2.29. The van der Waals surface area contributed by atoms with Crippen LogP contribution in [0.1, 0.15) is 31.2 Å². The minimum atomic E-state index is 0.0749. The molecule has 1 N–H and O–H groups in total. The first kappa shape index (κ1) is 15.5. The molecule has 1 atom stereocenters. The smallest absolute Gasteiger partial charge is 0.239 e. The second-order valence-electron chi connectivity index (χ2n) is 6.42. The van der Waals surface area contributed by atoms with Crippen LogP contribution in [0.2, 0.25) is 0 Å². The molecule has 4 heteroatoms. The average Bonchev–Trinajstić information content (AvgIpc) is 3.10. The van der Waals surface area contributed by atoms with Crippen molar-refractivity contribution in [2.24, 2.45) is 5.92 Å². The van der Waals surface area contributed by atoms with Gasteiger partial charge in [0.15, 0.2) is 0 Å². The molecular formula is C18H26N2O2. The Balaban J connectivity index is 1.36. The number of ether oxygens (including phenoxy) is 1. The monoisotopic (exact) mass is 302 g/mol. The van der Waals surface area contributed by atoms with E-state index in [4.69, 9.17) is 4.74 Å². The van der Waals surface area contributed by atoms with Crippen molar-refractivity contribution >= 4 is 5.91 Å². The third-order valence-electron chi connectivity index (χ3n) is 4.75. The Morgan fingerprint density at radius 3 is 2.64 bits per heavy atom. The van der Waals surface area contributed by atoms with E-state index in [0.717, 1.165) is 51.9 Å². The van der Waals surface area contributed by atoms with Gasteiger partial charge < -0.3 is 15.0 Å². The summed E-state index contributed by atoms with van der Waals surface area (Å²) in [6.07, 6.45) is 4.25. The van der Waals surface area contributed by atoms with Gasteiger partial charge in [-0.2, -0.15) is 0 Å². The summed E-state index contributed by atoms with van der Waals surface area (Å²) in [6, 6.07) is 10.4. The number of benzene rings is 1. The number of nitrogens with one attached hydrogen (secondary N) is 1. The number of carbonyl (C=O) groups excluding carboxylic acids is 1. The van der Waals surface area contributed by atoms with Gasteiger partial charge in [-0.3, -0.25) is 4.79 Å². The number of hydrogen-bond acceptors (Lipinski definition) is 3. The normalized spacial score (nSPS) is 22.9. The van der Waals surface area contributed by atoms with Crippen LogP contribution in [0.3, 0.4) is 0 Å². The lowest BCUT2D eigenvalue weighted by atomic mass is 9.97. The molecule has 2 aliphatic heterocycles. The zero-order valence-corrected chi connectivity index (χ0v) is 13.2. The van der Waals surface area contributed by atoms with Crippen molar-refractivity contribution in [1.29, 1.82) is 0 Å². The molecule has 3 rings (SSSR count). The lowest BCUT2D eigenvalue weighted by Gasteiger charge is -2.33. The first-order chi connectivity index (χ1) is 10.8. The summed E-state index contributed by atoms with van der Waals surface area (Å²) >= 11 is 0. The Morgan fingerprint density at radius 2 is 1.95 bits per heavy atom. The SMILES string of the molecule is O=C([C@@H]1CCCN1)N1CCC(COCc2ccccc2)CC1. The molecule has 0 aromatic heterocycles. The molecule has 0 aliphatic carbocycles. The van der Waals surface area contributed by atoms with E-state index in [2.05, 4.69) is 17.4 Å². The number of rotatable bonds is 5. The Bertz CT molecular complexity index is 463. The molecule has 0 saturated carbocycles. The molecule has 1 aromatic carbocycles. The molecule has 0 radical (unpaired) electrons. The number of piperidine rings is 1. The molecule has 1 amide bonds.